The Bertz CT molecular complexity index is 540. The molecule has 1 aliphatic rings. The van der Waals surface area contributed by atoms with Gasteiger partial charge in [0.05, 0.1) is 0 Å². The van der Waals surface area contributed by atoms with E-state index in [1.54, 1.807) is 18.8 Å². The molecule has 0 aromatic carbocycles. The molecule has 0 aliphatic carbocycles. The van der Waals surface area contributed by atoms with E-state index in [-0.39, 0.29) is 22.0 Å². The highest BCUT2D eigenvalue weighted by Gasteiger charge is 2.36. The Labute approximate surface area is 112 Å². The minimum Gasteiger partial charge on any atom is -0.381 e. The topological polar surface area (TPSA) is 81.2 Å². The van der Waals surface area contributed by atoms with Crippen molar-refractivity contribution in [3.8, 4) is 0 Å². The molecule has 6 nitrogen and oxygen atoms in total. The third-order valence-corrected chi connectivity index (χ3v) is 6.58. The summed E-state index contributed by atoms with van der Waals surface area (Å²) in [7, 11) is -1.88. The lowest BCUT2D eigenvalue weighted by molar-refractivity contribution is 0.340. The molecule has 0 radical (unpaired) electrons. The molecule has 2 N–H and O–H groups in total. The van der Waals surface area contributed by atoms with E-state index < -0.39 is 10.0 Å². The monoisotopic (exact) mass is 290 g/mol. The van der Waals surface area contributed by atoms with Crippen molar-refractivity contribution in [2.24, 2.45) is 7.05 Å². The van der Waals surface area contributed by atoms with Gasteiger partial charge in [-0.1, -0.05) is 6.92 Å². The van der Waals surface area contributed by atoms with Crippen LogP contribution < -0.4 is 5.73 Å². The Hall–Kier alpha value is -0.730. The number of aromatic nitrogens is 2. The van der Waals surface area contributed by atoms with E-state index in [0.717, 1.165) is 5.75 Å². The van der Waals surface area contributed by atoms with Gasteiger partial charge in [0.25, 0.3) is 0 Å². The van der Waals surface area contributed by atoms with Crippen molar-refractivity contribution < 1.29 is 8.42 Å². The number of aryl methyl sites for hydroxylation is 1. The summed E-state index contributed by atoms with van der Waals surface area (Å²) in [5.41, 5.74) is 5.67. The Kier molecular flexibility index (Phi) is 3.61. The van der Waals surface area contributed by atoms with Crippen LogP contribution in [0.1, 0.15) is 13.8 Å². The molecule has 102 valence electrons. The number of thioether (sulfide) groups is 1. The van der Waals surface area contributed by atoms with Gasteiger partial charge in [-0.3, -0.25) is 4.68 Å². The van der Waals surface area contributed by atoms with E-state index in [9.17, 15) is 8.42 Å². The fraction of sp³-hybridized carbons (Fsp3) is 0.700. The standard InChI is InChI=1S/C10H18N4O2S2/c1-7-8(2)17-5-4-14(7)18(15,16)9-6-13(3)12-10(9)11/h6-8H,4-5H2,1-3H3,(H2,11,12). The van der Waals surface area contributed by atoms with E-state index in [2.05, 4.69) is 5.10 Å². The summed E-state index contributed by atoms with van der Waals surface area (Å²) in [6.45, 7) is 4.50. The highest BCUT2D eigenvalue weighted by molar-refractivity contribution is 8.00. The molecular formula is C10H18N4O2S2. The molecule has 1 saturated heterocycles. The molecule has 1 aliphatic heterocycles. The predicted molar refractivity (Wildman–Crippen MR) is 72.9 cm³/mol. The van der Waals surface area contributed by atoms with Crippen molar-refractivity contribution in [1.82, 2.24) is 14.1 Å². The number of sulfonamides is 1. The maximum absolute atomic E-state index is 12.6. The van der Waals surface area contributed by atoms with Crippen LogP contribution in [0.4, 0.5) is 5.82 Å². The molecule has 1 aromatic rings. The number of nitrogens with zero attached hydrogens (tertiary/aromatic N) is 3. The largest absolute Gasteiger partial charge is 0.381 e. The maximum atomic E-state index is 12.6. The number of anilines is 1. The fourth-order valence-corrected chi connectivity index (χ4v) is 5.14. The Morgan fingerprint density at radius 3 is 2.72 bits per heavy atom. The van der Waals surface area contributed by atoms with E-state index in [0.29, 0.717) is 6.54 Å². The lowest BCUT2D eigenvalue weighted by Gasteiger charge is -2.36. The number of nitrogens with two attached hydrogens (primary N) is 1. The Morgan fingerprint density at radius 1 is 1.50 bits per heavy atom. The first-order valence-electron chi connectivity index (χ1n) is 5.76. The summed E-state index contributed by atoms with van der Waals surface area (Å²) >= 11 is 1.79. The molecular weight excluding hydrogens is 272 g/mol. The number of rotatable bonds is 2. The van der Waals surface area contributed by atoms with Crippen LogP contribution in [0.15, 0.2) is 11.1 Å². The van der Waals surface area contributed by atoms with Crippen molar-refractivity contribution in [3.05, 3.63) is 6.20 Å². The third-order valence-electron chi connectivity index (χ3n) is 3.23. The maximum Gasteiger partial charge on any atom is 0.248 e. The fourth-order valence-electron chi connectivity index (χ4n) is 2.05. The van der Waals surface area contributed by atoms with E-state index >= 15 is 0 Å². The minimum atomic E-state index is -3.54. The van der Waals surface area contributed by atoms with Crippen LogP contribution in [-0.4, -0.2) is 46.1 Å². The molecule has 1 aromatic heterocycles. The van der Waals surface area contributed by atoms with Crippen molar-refractivity contribution in [3.63, 3.8) is 0 Å². The van der Waals surface area contributed by atoms with Gasteiger partial charge in [-0.25, -0.2) is 8.42 Å². The lowest BCUT2D eigenvalue weighted by atomic mass is 10.2. The average molecular weight is 290 g/mol. The van der Waals surface area contributed by atoms with Gasteiger partial charge in [-0.05, 0) is 6.92 Å². The van der Waals surface area contributed by atoms with Crippen LogP contribution in [-0.2, 0) is 17.1 Å². The van der Waals surface area contributed by atoms with Gasteiger partial charge in [-0.15, -0.1) is 0 Å². The normalized spacial score (nSPS) is 26.4. The van der Waals surface area contributed by atoms with Crippen LogP contribution in [0.5, 0.6) is 0 Å². The summed E-state index contributed by atoms with van der Waals surface area (Å²) in [6, 6.07) is -0.0339. The smallest absolute Gasteiger partial charge is 0.248 e. The molecule has 1 fully saturated rings. The Balaban J connectivity index is 2.39. The van der Waals surface area contributed by atoms with Crippen molar-refractivity contribution in [2.45, 2.75) is 30.0 Å². The minimum absolute atomic E-state index is 0.0339. The molecule has 0 bridgehead atoms. The zero-order valence-corrected chi connectivity index (χ0v) is 12.3. The quantitative estimate of drug-likeness (QED) is 0.858. The summed E-state index contributed by atoms with van der Waals surface area (Å²) in [5, 5.41) is 4.18. The zero-order valence-electron chi connectivity index (χ0n) is 10.7. The van der Waals surface area contributed by atoms with Crippen LogP contribution in [0.2, 0.25) is 0 Å². The third kappa shape index (κ3) is 2.24. The molecule has 2 atom stereocenters. The van der Waals surface area contributed by atoms with Gasteiger partial charge in [0.15, 0.2) is 5.82 Å². The molecule has 18 heavy (non-hydrogen) atoms. The highest BCUT2D eigenvalue weighted by Crippen LogP contribution is 2.30. The molecule has 0 saturated carbocycles. The second kappa shape index (κ2) is 4.75. The van der Waals surface area contributed by atoms with Crippen molar-refractivity contribution >= 4 is 27.6 Å². The Morgan fingerprint density at radius 2 is 2.17 bits per heavy atom. The van der Waals surface area contributed by atoms with Crippen LogP contribution >= 0.6 is 11.8 Å². The molecule has 0 amide bonds. The summed E-state index contributed by atoms with van der Waals surface area (Å²) in [5.74, 6) is 0.876. The lowest BCUT2D eigenvalue weighted by Crippen LogP contribution is -2.47. The van der Waals surface area contributed by atoms with E-state index in [1.807, 2.05) is 13.8 Å². The number of nitrogen functional groups attached to an aromatic ring is 1. The van der Waals surface area contributed by atoms with Gasteiger partial charge in [0.2, 0.25) is 10.0 Å². The predicted octanol–water partition coefficient (Wildman–Crippen LogP) is 0.517. The molecule has 2 heterocycles. The first-order chi connectivity index (χ1) is 8.34. The van der Waals surface area contributed by atoms with E-state index in [4.69, 9.17) is 5.73 Å². The SMILES string of the molecule is CC1SCCN(S(=O)(=O)c2cn(C)nc2N)C1C. The molecule has 2 unspecified atom stereocenters. The average Bonchev–Trinajstić information content (AvgIpc) is 2.62. The van der Waals surface area contributed by atoms with Gasteiger partial charge in [0, 0.05) is 36.8 Å². The van der Waals surface area contributed by atoms with Crippen LogP contribution in [0.25, 0.3) is 0 Å². The summed E-state index contributed by atoms with van der Waals surface area (Å²) < 4.78 is 28.1. The molecule has 2 rings (SSSR count). The van der Waals surface area contributed by atoms with Gasteiger partial charge < -0.3 is 5.73 Å². The van der Waals surface area contributed by atoms with E-state index in [1.165, 1.54) is 15.2 Å². The van der Waals surface area contributed by atoms with Crippen LogP contribution in [0.3, 0.4) is 0 Å². The first-order valence-corrected chi connectivity index (χ1v) is 8.25. The highest BCUT2D eigenvalue weighted by atomic mass is 32.2. The molecule has 8 heteroatoms. The van der Waals surface area contributed by atoms with Crippen LogP contribution in [0, 0.1) is 0 Å². The van der Waals surface area contributed by atoms with Crippen molar-refractivity contribution in [2.75, 3.05) is 18.0 Å². The van der Waals surface area contributed by atoms with Gasteiger partial charge >= 0.3 is 0 Å². The summed E-state index contributed by atoms with van der Waals surface area (Å²) in [4.78, 5) is 0.107. The van der Waals surface area contributed by atoms with Gasteiger partial charge in [-0.2, -0.15) is 21.2 Å². The van der Waals surface area contributed by atoms with Crippen molar-refractivity contribution in [1.29, 1.82) is 0 Å². The summed E-state index contributed by atoms with van der Waals surface area (Å²) in [6.07, 6.45) is 1.46. The first kappa shape index (κ1) is 13.7. The zero-order chi connectivity index (χ0) is 13.5. The number of hydrogen-bond donors (Lipinski definition) is 1. The van der Waals surface area contributed by atoms with Gasteiger partial charge in [0.1, 0.15) is 4.90 Å². The second-order valence-electron chi connectivity index (χ2n) is 4.48. The molecule has 0 spiro atoms. The second-order valence-corrected chi connectivity index (χ2v) is 7.83. The number of hydrogen-bond acceptors (Lipinski definition) is 5.